The average molecular weight is 373 g/mol. The summed E-state index contributed by atoms with van der Waals surface area (Å²) < 4.78 is 5.48. The second-order valence-electron chi connectivity index (χ2n) is 7.36. The molecule has 1 aromatic carbocycles. The number of nitrogens with zero attached hydrogens (tertiary/aromatic N) is 3. The molecule has 1 aromatic rings. The van der Waals surface area contributed by atoms with Crippen molar-refractivity contribution < 1.29 is 14.3 Å². The van der Waals surface area contributed by atoms with Crippen LogP contribution in [0.3, 0.4) is 0 Å². The molecule has 6 nitrogen and oxygen atoms in total. The fourth-order valence-electron chi connectivity index (χ4n) is 3.74. The van der Waals surface area contributed by atoms with Crippen LogP contribution in [0.1, 0.15) is 38.2 Å². The third-order valence-electron chi connectivity index (χ3n) is 5.36. The third-order valence-corrected chi connectivity index (χ3v) is 5.36. The number of benzene rings is 1. The molecule has 0 N–H and O–H groups in total. The van der Waals surface area contributed by atoms with Crippen molar-refractivity contribution in [3.8, 4) is 5.75 Å². The Bertz CT molecular complexity index is 624. The summed E-state index contributed by atoms with van der Waals surface area (Å²) in [5, 5.41) is 0. The van der Waals surface area contributed by atoms with Gasteiger partial charge < -0.3 is 14.5 Å². The number of likely N-dealkylation sites (tertiary alicyclic amines) is 1. The van der Waals surface area contributed by atoms with Gasteiger partial charge in [0, 0.05) is 45.7 Å². The number of hydrogen-bond donors (Lipinski definition) is 0. The normalized spacial score (nSPS) is 19.1. The van der Waals surface area contributed by atoms with Crippen LogP contribution in [-0.4, -0.2) is 72.4 Å². The zero-order valence-corrected chi connectivity index (χ0v) is 16.4. The van der Waals surface area contributed by atoms with Gasteiger partial charge in [0.15, 0.2) is 0 Å². The molecular formula is C21H31N3O3. The van der Waals surface area contributed by atoms with Crippen LogP contribution in [0, 0.1) is 0 Å². The van der Waals surface area contributed by atoms with E-state index in [1.165, 1.54) is 5.56 Å². The summed E-state index contributed by atoms with van der Waals surface area (Å²) in [5.41, 5.74) is 1.26. The predicted molar refractivity (Wildman–Crippen MR) is 105 cm³/mol. The second-order valence-corrected chi connectivity index (χ2v) is 7.36. The molecule has 148 valence electrons. The minimum Gasteiger partial charge on any atom is -0.494 e. The largest absolute Gasteiger partial charge is 0.494 e. The number of piperazine rings is 1. The van der Waals surface area contributed by atoms with E-state index in [0.717, 1.165) is 64.3 Å². The van der Waals surface area contributed by atoms with E-state index in [1.54, 1.807) is 4.90 Å². The van der Waals surface area contributed by atoms with Gasteiger partial charge in [-0.2, -0.15) is 0 Å². The van der Waals surface area contributed by atoms with Crippen molar-refractivity contribution in [2.45, 2.75) is 39.2 Å². The van der Waals surface area contributed by atoms with E-state index in [2.05, 4.69) is 17.0 Å². The average Bonchev–Trinajstić information content (AvgIpc) is 2.88. The zero-order chi connectivity index (χ0) is 19.1. The highest BCUT2D eigenvalue weighted by atomic mass is 16.5. The lowest BCUT2D eigenvalue weighted by molar-refractivity contribution is -0.141. The Balaban J connectivity index is 1.43. The molecule has 2 aliphatic heterocycles. The molecule has 0 unspecified atom stereocenters. The van der Waals surface area contributed by atoms with Crippen LogP contribution in [0.2, 0.25) is 0 Å². The van der Waals surface area contributed by atoms with Crippen LogP contribution in [0.15, 0.2) is 24.3 Å². The van der Waals surface area contributed by atoms with E-state index in [9.17, 15) is 9.59 Å². The minimum absolute atomic E-state index is 0.0889. The summed E-state index contributed by atoms with van der Waals surface area (Å²) in [6.07, 6.45) is 3.63. The third kappa shape index (κ3) is 5.70. The van der Waals surface area contributed by atoms with Crippen molar-refractivity contribution >= 4 is 11.8 Å². The van der Waals surface area contributed by atoms with Gasteiger partial charge in [-0.25, -0.2) is 0 Å². The van der Waals surface area contributed by atoms with Crippen molar-refractivity contribution in [3.05, 3.63) is 29.8 Å². The van der Waals surface area contributed by atoms with Crippen LogP contribution in [0.25, 0.3) is 0 Å². The number of ether oxygens (including phenoxy) is 1. The molecule has 0 radical (unpaired) electrons. The fraction of sp³-hybridized carbons (Fsp3) is 0.619. The molecule has 27 heavy (non-hydrogen) atoms. The number of hydrogen-bond acceptors (Lipinski definition) is 4. The predicted octanol–water partition coefficient (Wildman–Crippen LogP) is 2.13. The summed E-state index contributed by atoms with van der Waals surface area (Å²) in [7, 11) is 0. The van der Waals surface area contributed by atoms with Gasteiger partial charge in [0.05, 0.1) is 13.2 Å². The van der Waals surface area contributed by atoms with Gasteiger partial charge in [0.25, 0.3) is 0 Å². The molecule has 2 heterocycles. The van der Waals surface area contributed by atoms with Gasteiger partial charge in [0.2, 0.25) is 11.8 Å². The Morgan fingerprint density at radius 3 is 2.44 bits per heavy atom. The monoisotopic (exact) mass is 373 g/mol. The van der Waals surface area contributed by atoms with E-state index in [1.807, 2.05) is 24.0 Å². The molecule has 0 aliphatic carbocycles. The quantitative estimate of drug-likeness (QED) is 0.767. The molecule has 0 saturated carbocycles. The standard InChI is InChI=1S/C21H31N3O3/c1-2-27-19-9-7-18(8-10-19)16-22-12-14-23(15-13-22)21(26)17-24-11-5-3-4-6-20(24)25/h7-10H,2-6,11-17H2,1H3. The number of amides is 2. The van der Waals surface area contributed by atoms with Crippen molar-refractivity contribution in [2.75, 3.05) is 45.9 Å². The molecule has 0 aromatic heterocycles. The lowest BCUT2D eigenvalue weighted by Crippen LogP contribution is -2.51. The van der Waals surface area contributed by atoms with Gasteiger partial charge in [-0.1, -0.05) is 18.6 Å². The molecule has 2 amide bonds. The molecule has 0 bridgehead atoms. The van der Waals surface area contributed by atoms with Crippen LogP contribution in [-0.2, 0) is 16.1 Å². The first-order valence-corrected chi connectivity index (χ1v) is 10.2. The van der Waals surface area contributed by atoms with Crippen molar-refractivity contribution in [1.29, 1.82) is 0 Å². The molecular weight excluding hydrogens is 342 g/mol. The SMILES string of the molecule is CCOc1ccc(CN2CCN(C(=O)CN3CCCCCC3=O)CC2)cc1. The number of carbonyl (C=O) groups excluding carboxylic acids is 2. The molecule has 3 rings (SSSR count). The number of carbonyl (C=O) groups is 2. The van der Waals surface area contributed by atoms with E-state index in [4.69, 9.17) is 4.74 Å². The molecule has 2 aliphatic rings. The molecule has 2 saturated heterocycles. The summed E-state index contributed by atoms with van der Waals surface area (Å²) in [6.45, 7) is 7.73. The Morgan fingerprint density at radius 1 is 1.00 bits per heavy atom. The van der Waals surface area contributed by atoms with Crippen molar-refractivity contribution in [1.82, 2.24) is 14.7 Å². The van der Waals surface area contributed by atoms with Crippen molar-refractivity contribution in [3.63, 3.8) is 0 Å². The Kier molecular flexibility index (Phi) is 7.10. The van der Waals surface area contributed by atoms with Crippen LogP contribution >= 0.6 is 0 Å². The zero-order valence-electron chi connectivity index (χ0n) is 16.4. The Hall–Kier alpha value is -2.08. The summed E-state index contributed by atoms with van der Waals surface area (Å²) in [4.78, 5) is 30.7. The summed E-state index contributed by atoms with van der Waals surface area (Å²) >= 11 is 0. The lowest BCUT2D eigenvalue weighted by atomic mass is 10.2. The Labute approximate surface area is 162 Å². The molecule has 0 atom stereocenters. The molecule has 2 fully saturated rings. The van der Waals surface area contributed by atoms with Crippen molar-refractivity contribution in [2.24, 2.45) is 0 Å². The molecule has 6 heteroatoms. The van der Waals surface area contributed by atoms with Crippen LogP contribution in [0.4, 0.5) is 0 Å². The summed E-state index contributed by atoms with van der Waals surface area (Å²) in [6, 6.07) is 8.23. The maximum atomic E-state index is 12.6. The van der Waals surface area contributed by atoms with Crippen LogP contribution in [0.5, 0.6) is 5.75 Å². The topological polar surface area (TPSA) is 53.1 Å². The maximum Gasteiger partial charge on any atom is 0.242 e. The highest BCUT2D eigenvalue weighted by Crippen LogP contribution is 2.15. The highest BCUT2D eigenvalue weighted by Gasteiger charge is 2.25. The van der Waals surface area contributed by atoms with Crippen LogP contribution < -0.4 is 4.74 Å². The van der Waals surface area contributed by atoms with Gasteiger partial charge in [0.1, 0.15) is 5.75 Å². The maximum absolute atomic E-state index is 12.6. The van der Waals surface area contributed by atoms with E-state index >= 15 is 0 Å². The van der Waals surface area contributed by atoms with Gasteiger partial charge in [-0.05, 0) is 37.5 Å². The Morgan fingerprint density at radius 2 is 1.74 bits per heavy atom. The second kappa shape index (κ2) is 9.74. The van der Waals surface area contributed by atoms with Gasteiger partial charge >= 0.3 is 0 Å². The fourth-order valence-corrected chi connectivity index (χ4v) is 3.74. The van der Waals surface area contributed by atoms with E-state index in [0.29, 0.717) is 13.0 Å². The van der Waals surface area contributed by atoms with E-state index < -0.39 is 0 Å². The summed E-state index contributed by atoms with van der Waals surface area (Å²) in [5.74, 6) is 1.13. The first kappa shape index (κ1) is 19.7. The van der Waals surface area contributed by atoms with E-state index in [-0.39, 0.29) is 18.4 Å². The first-order valence-electron chi connectivity index (χ1n) is 10.2. The highest BCUT2D eigenvalue weighted by molar-refractivity contribution is 5.85. The first-order chi connectivity index (χ1) is 13.2. The number of rotatable bonds is 6. The van der Waals surface area contributed by atoms with Gasteiger partial charge in [-0.15, -0.1) is 0 Å². The minimum atomic E-state index is 0.0889. The molecule has 0 spiro atoms. The smallest absolute Gasteiger partial charge is 0.242 e. The lowest BCUT2D eigenvalue weighted by Gasteiger charge is -2.35. The van der Waals surface area contributed by atoms with Gasteiger partial charge in [-0.3, -0.25) is 14.5 Å².